The second kappa shape index (κ2) is 5.41. The van der Waals surface area contributed by atoms with Crippen molar-refractivity contribution in [2.75, 3.05) is 18.0 Å². The minimum atomic E-state index is -4.15. The van der Waals surface area contributed by atoms with Gasteiger partial charge in [0.1, 0.15) is 0 Å². The number of aryl methyl sites for hydroxylation is 1. The molecule has 0 aromatic heterocycles. The molecule has 1 atom stereocenters. The van der Waals surface area contributed by atoms with Crippen molar-refractivity contribution in [3.8, 4) is 0 Å². The zero-order valence-electron chi connectivity index (χ0n) is 12.7. The molecule has 0 spiro atoms. The van der Waals surface area contributed by atoms with Crippen LogP contribution in [0.5, 0.6) is 0 Å². The summed E-state index contributed by atoms with van der Waals surface area (Å²) in [5.74, 6) is 0.0115. The molecular weight excluding hydrogens is 298 g/mol. The first-order valence-corrected chi connectivity index (χ1v) is 8.77. The highest BCUT2D eigenvalue weighted by atomic mass is 32.2. The lowest BCUT2D eigenvalue weighted by Gasteiger charge is -2.27. The fraction of sp³-hybridized carbons (Fsp3) is 0.294. The Hall–Kier alpha value is -1.85. The predicted octanol–water partition coefficient (Wildman–Crippen LogP) is 3.09. The van der Waals surface area contributed by atoms with Crippen molar-refractivity contribution in [2.45, 2.75) is 13.8 Å². The molecule has 3 rings (SSSR count). The molecule has 1 unspecified atom stereocenters. The highest BCUT2D eigenvalue weighted by Crippen LogP contribution is 2.41. The maximum Gasteiger partial charge on any atom is 0.294 e. The van der Waals surface area contributed by atoms with Crippen LogP contribution in [0.1, 0.15) is 12.5 Å². The molecule has 0 saturated carbocycles. The van der Waals surface area contributed by atoms with Gasteiger partial charge in [0.15, 0.2) is 0 Å². The molecule has 116 valence electrons. The van der Waals surface area contributed by atoms with E-state index < -0.39 is 10.1 Å². The van der Waals surface area contributed by atoms with Crippen LogP contribution in [0.2, 0.25) is 0 Å². The Kier molecular flexibility index (Phi) is 3.70. The first-order valence-electron chi connectivity index (χ1n) is 7.33. The van der Waals surface area contributed by atoms with E-state index in [0.29, 0.717) is 12.1 Å². The van der Waals surface area contributed by atoms with Crippen molar-refractivity contribution >= 4 is 15.8 Å². The molecule has 1 aromatic rings. The molecule has 4 nitrogen and oxygen atoms in total. The minimum absolute atomic E-state index is 0.0115. The van der Waals surface area contributed by atoms with Crippen LogP contribution in [0.25, 0.3) is 0 Å². The van der Waals surface area contributed by atoms with Crippen LogP contribution in [0.4, 0.5) is 5.69 Å². The third-order valence-electron chi connectivity index (χ3n) is 4.24. The second-order valence-electron chi connectivity index (χ2n) is 5.70. The fourth-order valence-electron chi connectivity index (χ4n) is 3.12. The lowest BCUT2D eigenvalue weighted by Crippen LogP contribution is -2.29. The molecule has 0 fully saturated rings. The molecule has 5 heteroatoms. The summed E-state index contributed by atoms with van der Waals surface area (Å²) in [6.07, 6.45) is 5.31. The number of hydrogen-bond acceptors (Lipinski definition) is 3. The first kappa shape index (κ1) is 15.1. The van der Waals surface area contributed by atoms with Crippen molar-refractivity contribution in [1.82, 2.24) is 0 Å². The Morgan fingerprint density at radius 3 is 2.64 bits per heavy atom. The van der Waals surface area contributed by atoms with Crippen molar-refractivity contribution in [3.05, 3.63) is 64.1 Å². The molecule has 0 heterocycles. The number of fused-ring (bicyclic) bond motifs is 2. The van der Waals surface area contributed by atoms with Gasteiger partial charge >= 0.3 is 0 Å². The summed E-state index contributed by atoms with van der Waals surface area (Å²) >= 11 is 0. The fourth-order valence-corrected chi connectivity index (χ4v) is 3.92. The number of hydrogen-bond donors (Lipinski definition) is 1. The maximum absolute atomic E-state index is 11.4. The molecule has 0 aliphatic heterocycles. The van der Waals surface area contributed by atoms with Crippen LogP contribution in [-0.2, 0) is 10.1 Å². The van der Waals surface area contributed by atoms with Crippen LogP contribution < -0.4 is 4.90 Å². The van der Waals surface area contributed by atoms with Gasteiger partial charge in [-0.25, -0.2) is 0 Å². The quantitative estimate of drug-likeness (QED) is 0.848. The summed E-state index contributed by atoms with van der Waals surface area (Å²) in [5.41, 5.74) is 3.97. The smallest absolute Gasteiger partial charge is 0.294 e. The Morgan fingerprint density at radius 1 is 1.27 bits per heavy atom. The van der Waals surface area contributed by atoms with E-state index in [0.717, 1.165) is 17.8 Å². The van der Waals surface area contributed by atoms with Crippen molar-refractivity contribution in [1.29, 1.82) is 0 Å². The molecule has 1 N–H and O–H groups in total. The molecule has 0 saturated heterocycles. The first-order chi connectivity index (χ1) is 10.4. The molecule has 2 aliphatic carbocycles. The number of nitrogens with zero attached hydrogens (tertiary/aromatic N) is 1. The van der Waals surface area contributed by atoms with Crippen LogP contribution in [0.3, 0.4) is 0 Å². The van der Waals surface area contributed by atoms with Gasteiger partial charge in [0.2, 0.25) is 0 Å². The molecule has 2 aliphatic rings. The molecule has 22 heavy (non-hydrogen) atoms. The highest BCUT2D eigenvalue weighted by molar-refractivity contribution is 7.90. The van der Waals surface area contributed by atoms with Gasteiger partial charge in [-0.1, -0.05) is 24.3 Å². The number of anilines is 1. The third kappa shape index (κ3) is 2.62. The third-order valence-corrected chi connectivity index (χ3v) is 5.15. The van der Waals surface area contributed by atoms with Crippen LogP contribution >= 0.6 is 0 Å². The van der Waals surface area contributed by atoms with Gasteiger partial charge < -0.3 is 4.90 Å². The Labute approximate surface area is 131 Å². The van der Waals surface area contributed by atoms with E-state index in [1.165, 1.54) is 5.56 Å². The van der Waals surface area contributed by atoms with Crippen LogP contribution in [0, 0.1) is 12.8 Å². The molecular formula is C17H19NO3S. The standard InChI is InChI=1S/C17H19NO3S/c1-3-18(14-6-4-5-12(2)9-14)11-16-13-7-8-15(16)17(10-13)22(19,20)21/h4-10,16H,3,11H2,1-2H3,(H,19,20,21). The van der Waals surface area contributed by atoms with Gasteiger partial charge in [0.05, 0.1) is 4.91 Å². The topological polar surface area (TPSA) is 57.6 Å². The summed E-state index contributed by atoms with van der Waals surface area (Å²) in [4.78, 5) is 2.28. The Morgan fingerprint density at radius 2 is 2.05 bits per heavy atom. The van der Waals surface area contributed by atoms with E-state index >= 15 is 0 Å². The van der Waals surface area contributed by atoms with Gasteiger partial charge in [-0.05, 0) is 48.8 Å². The molecule has 1 aromatic carbocycles. The summed E-state index contributed by atoms with van der Waals surface area (Å²) in [6, 6.07) is 8.27. The SMILES string of the molecule is CCN(CC1C2=CC(S(=O)(=O)O)=C1C=C2)c1cccc(C)c1. The average molecular weight is 317 g/mol. The van der Waals surface area contributed by atoms with E-state index in [2.05, 4.69) is 36.9 Å². The Bertz CT molecular complexity index is 803. The Balaban J connectivity index is 1.88. The van der Waals surface area contributed by atoms with Crippen molar-refractivity contribution in [3.63, 3.8) is 0 Å². The lowest BCUT2D eigenvalue weighted by molar-refractivity contribution is 0.492. The summed E-state index contributed by atoms with van der Waals surface area (Å²) in [5, 5.41) is 0. The zero-order valence-corrected chi connectivity index (χ0v) is 13.5. The van der Waals surface area contributed by atoms with E-state index in [4.69, 9.17) is 0 Å². The normalized spacial score (nSPS) is 19.8. The van der Waals surface area contributed by atoms with Crippen molar-refractivity contribution < 1.29 is 13.0 Å². The lowest BCUT2D eigenvalue weighted by atomic mass is 10.0. The monoisotopic (exact) mass is 317 g/mol. The summed E-state index contributed by atoms with van der Waals surface area (Å²) in [6.45, 7) is 5.67. The van der Waals surface area contributed by atoms with Gasteiger partial charge in [0, 0.05) is 24.7 Å². The van der Waals surface area contributed by atoms with E-state index in [-0.39, 0.29) is 10.8 Å². The minimum Gasteiger partial charge on any atom is -0.371 e. The summed E-state index contributed by atoms with van der Waals surface area (Å²) in [7, 11) is -4.15. The van der Waals surface area contributed by atoms with Gasteiger partial charge in [0.25, 0.3) is 10.1 Å². The molecule has 0 amide bonds. The van der Waals surface area contributed by atoms with Gasteiger partial charge in [-0.3, -0.25) is 4.55 Å². The van der Waals surface area contributed by atoms with Crippen molar-refractivity contribution in [2.24, 2.45) is 5.92 Å². The predicted molar refractivity (Wildman–Crippen MR) is 88.4 cm³/mol. The zero-order chi connectivity index (χ0) is 15.9. The summed E-state index contributed by atoms with van der Waals surface area (Å²) < 4.78 is 32.2. The largest absolute Gasteiger partial charge is 0.371 e. The number of benzene rings is 1. The average Bonchev–Trinajstić information content (AvgIpc) is 3.01. The van der Waals surface area contributed by atoms with Crippen LogP contribution in [0.15, 0.2) is 58.5 Å². The van der Waals surface area contributed by atoms with E-state index in [1.54, 1.807) is 12.2 Å². The van der Waals surface area contributed by atoms with Crippen LogP contribution in [-0.4, -0.2) is 26.1 Å². The number of allylic oxidation sites excluding steroid dienone is 3. The van der Waals surface area contributed by atoms with Gasteiger partial charge in [-0.15, -0.1) is 0 Å². The highest BCUT2D eigenvalue weighted by Gasteiger charge is 2.35. The van der Waals surface area contributed by atoms with E-state index in [9.17, 15) is 13.0 Å². The van der Waals surface area contributed by atoms with E-state index in [1.807, 2.05) is 12.1 Å². The second-order valence-corrected chi connectivity index (χ2v) is 7.09. The van der Waals surface area contributed by atoms with Gasteiger partial charge in [-0.2, -0.15) is 8.42 Å². The molecule has 0 radical (unpaired) electrons. The maximum atomic E-state index is 11.4. The molecule has 2 bridgehead atoms. The number of rotatable bonds is 5.